The SMILES string of the molecule is Cc1ccc(N(CC(=O)N/N=C\c2ccc(Cl)cc2)S(=O)(=O)c2ccccc2)cc1. The van der Waals surface area contributed by atoms with Crippen LogP contribution in [0.15, 0.2) is 88.9 Å². The third kappa shape index (κ3) is 5.46. The van der Waals surface area contributed by atoms with Crippen LogP contribution in [0.4, 0.5) is 5.69 Å². The number of rotatable bonds is 7. The van der Waals surface area contributed by atoms with Crippen molar-refractivity contribution in [3.8, 4) is 0 Å². The summed E-state index contributed by atoms with van der Waals surface area (Å²) < 4.78 is 27.4. The second-order valence-electron chi connectivity index (χ2n) is 6.51. The molecule has 0 aliphatic rings. The fourth-order valence-electron chi connectivity index (χ4n) is 2.64. The maximum Gasteiger partial charge on any atom is 0.264 e. The highest BCUT2D eigenvalue weighted by Crippen LogP contribution is 2.23. The van der Waals surface area contributed by atoms with Gasteiger partial charge in [0, 0.05) is 5.02 Å². The molecular formula is C22H20ClN3O3S. The summed E-state index contributed by atoms with van der Waals surface area (Å²) in [4.78, 5) is 12.6. The van der Waals surface area contributed by atoms with Crippen LogP contribution in [0.3, 0.4) is 0 Å². The highest BCUT2D eigenvalue weighted by Gasteiger charge is 2.26. The van der Waals surface area contributed by atoms with Crippen molar-refractivity contribution in [1.29, 1.82) is 0 Å². The second kappa shape index (κ2) is 9.56. The Hall–Kier alpha value is -3.16. The number of benzene rings is 3. The summed E-state index contributed by atoms with van der Waals surface area (Å²) >= 11 is 5.84. The number of nitrogens with one attached hydrogen (secondary N) is 1. The van der Waals surface area contributed by atoms with Crippen molar-refractivity contribution in [3.63, 3.8) is 0 Å². The molecule has 154 valence electrons. The van der Waals surface area contributed by atoms with Crippen LogP contribution in [-0.2, 0) is 14.8 Å². The number of hydrogen-bond acceptors (Lipinski definition) is 4. The van der Waals surface area contributed by atoms with Gasteiger partial charge in [0.15, 0.2) is 0 Å². The summed E-state index contributed by atoms with van der Waals surface area (Å²) in [5.41, 5.74) is 4.48. The van der Waals surface area contributed by atoms with Gasteiger partial charge in [0.2, 0.25) is 0 Å². The molecule has 3 aromatic carbocycles. The van der Waals surface area contributed by atoms with Gasteiger partial charge in [-0.05, 0) is 48.9 Å². The number of anilines is 1. The van der Waals surface area contributed by atoms with E-state index in [0.717, 1.165) is 15.4 Å². The number of carbonyl (C=O) groups is 1. The van der Waals surface area contributed by atoms with E-state index in [9.17, 15) is 13.2 Å². The van der Waals surface area contributed by atoms with Crippen molar-refractivity contribution in [1.82, 2.24) is 5.43 Å². The molecule has 0 spiro atoms. The number of sulfonamides is 1. The minimum absolute atomic E-state index is 0.100. The van der Waals surface area contributed by atoms with Crippen LogP contribution >= 0.6 is 11.6 Å². The van der Waals surface area contributed by atoms with Gasteiger partial charge in [0.05, 0.1) is 16.8 Å². The molecule has 0 aliphatic heterocycles. The predicted octanol–water partition coefficient (Wildman–Crippen LogP) is 3.99. The first-order valence-electron chi connectivity index (χ1n) is 9.08. The number of halogens is 1. The zero-order valence-corrected chi connectivity index (χ0v) is 17.8. The average Bonchev–Trinajstić information content (AvgIpc) is 2.75. The Balaban J connectivity index is 1.81. The summed E-state index contributed by atoms with van der Waals surface area (Å²) in [6.45, 7) is 1.48. The number of amides is 1. The third-order valence-corrected chi connectivity index (χ3v) is 6.25. The van der Waals surface area contributed by atoms with Gasteiger partial charge in [-0.25, -0.2) is 13.8 Å². The number of carbonyl (C=O) groups excluding carboxylic acids is 1. The lowest BCUT2D eigenvalue weighted by Gasteiger charge is -2.23. The zero-order chi connectivity index (χ0) is 21.6. The van der Waals surface area contributed by atoms with Crippen LogP contribution in [0.5, 0.6) is 0 Å². The highest BCUT2D eigenvalue weighted by atomic mass is 35.5. The number of aryl methyl sites for hydroxylation is 1. The molecule has 0 atom stereocenters. The van der Waals surface area contributed by atoms with E-state index in [0.29, 0.717) is 10.7 Å². The standard InChI is InChI=1S/C22H20ClN3O3S/c1-17-7-13-20(14-8-17)26(30(28,29)21-5-3-2-4-6-21)16-22(27)25-24-15-18-9-11-19(23)12-10-18/h2-15H,16H2,1H3,(H,25,27)/b24-15-. The molecule has 0 bridgehead atoms. The highest BCUT2D eigenvalue weighted by molar-refractivity contribution is 7.92. The van der Waals surface area contributed by atoms with Crippen molar-refractivity contribution < 1.29 is 13.2 Å². The van der Waals surface area contributed by atoms with E-state index in [2.05, 4.69) is 10.5 Å². The molecule has 0 radical (unpaired) electrons. The molecule has 0 saturated heterocycles. The molecular weight excluding hydrogens is 422 g/mol. The van der Waals surface area contributed by atoms with E-state index in [4.69, 9.17) is 11.6 Å². The first-order valence-corrected chi connectivity index (χ1v) is 10.9. The Morgan fingerprint density at radius 1 is 1.00 bits per heavy atom. The largest absolute Gasteiger partial charge is 0.271 e. The molecule has 3 aromatic rings. The molecule has 0 saturated carbocycles. The van der Waals surface area contributed by atoms with Crippen LogP contribution in [-0.4, -0.2) is 27.1 Å². The molecule has 8 heteroatoms. The smallest absolute Gasteiger partial charge is 0.264 e. The summed E-state index contributed by atoms with van der Waals surface area (Å²) in [5.74, 6) is -0.569. The number of hydrazone groups is 1. The number of hydrogen-bond donors (Lipinski definition) is 1. The second-order valence-corrected chi connectivity index (χ2v) is 8.80. The van der Waals surface area contributed by atoms with E-state index in [1.807, 2.05) is 6.92 Å². The molecule has 1 N–H and O–H groups in total. The predicted molar refractivity (Wildman–Crippen MR) is 119 cm³/mol. The van der Waals surface area contributed by atoms with Crippen molar-refractivity contribution in [2.75, 3.05) is 10.8 Å². The lowest BCUT2D eigenvalue weighted by Crippen LogP contribution is -2.39. The molecule has 1 amide bonds. The van der Waals surface area contributed by atoms with Gasteiger partial charge >= 0.3 is 0 Å². The van der Waals surface area contributed by atoms with E-state index in [-0.39, 0.29) is 4.90 Å². The van der Waals surface area contributed by atoms with E-state index >= 15 is 0 Å². The molecule has 0 unspecified atom stereocenters. The molecule has 0 aromatic heterocycles. The fourth-order valence-corrected chi connectivity index (χ4v) is 4.21. The van der Waals surface area contributed by atoms with Crippen molar-refractivity contribution in [2.45, 2.75) is 11.8 Å². The van der Waals surface area contributed by atoms with Gasteiger partial charge in [0.1, 0.15) is 6.54 Å². The monoisotopic (exact) mass is 441 g/mol. The zero-order valence-electron chi connectivity index (χ0n) is 16.2. The lowest BCUT2D eigenvalue weighted by molar-refractivity contribution is -0.119. The van der Waals surface area contributed by atoms with Crippen LogP contribution in [0.1, 0.15) is 11.1 Å². The third-order valence-electron chi connectivity index (χ3n) is 4.21. The Morgan fingerprint density at radius 3 is 2.27 bits per heavy atom. The Bertz CT molecular complexity index is 1130. The molecule has 6 nitrogen and oxygen atoms in total. The number of nitrogens with zero attached hydrogens (tertiary/aromatic N) is 2. The fraction of sp³-hybridized carbons (Fsp3) is 0.0909. The van der Waals surface area contributed by atoms with Gasteiger partial charge in [-0.1, -0.05) is 59.6 Å². The Morgan fingerprint density at radius 2 is 1.63 bits per heavy atom. The van der Waals surface area contributed by atoms with Gasteiger partial charge in [-0.2, -0.15) is 5.10 Å². The quantitative estimate of drug-likeness (QED) is 0.444. The van der Waals surface area contributed by atoms with Gasteiger partial charge < -0.3 is 0 Å². The van der Waals surface area contributed by atoms with Gasteiger partial charge in [-0.15, -0.1) is 0 Å². The maximum absolute atomic E-state index is 13.2. The minimum atomic E-state index is -3.94. The van der Waals surface area contributed by atoms with Crippen molar-refractivity contribution in [2.24, 2.45) is 5.10 Å². The van der Waals surface area contributed by atoms with Crippen LogP contribution in [0.2, 0.25) is 5.02 Å². The van der Waals surface area contributed by atoms with Crippen LogP contribution in [0.25, 0.3) is 0 Å². The van der Waals surface area contributed by atoms with Gasteiger partial charge in [0.25, 0.3) is 15.9 Å². The van der Waals surface area contributed by atoms with Crippen LogP contribution < -0.4 is 9.73 Å². The van der Waals surface area contributed by atoms with Crippen molar-refractivity contribution in [3.05, 3.63) is 95.0 Å². The Kier molecular flexibility index (Phi) is 6.87. The van der Waals surface area contributed by atoms with E-state index < -0.39 is 22.5 Å². The van der Waals surface area contributed by atoms with Crippen molar-refractivity contribution >= 4 is 39.4 Å². The maximum atomic E-state index is 13.2. The molecule has 30 heavy (non-hydrogen) atoms. The first kappa shape index (κ1) is 21.5. The molecule has 3 rings (SSSR count). The average molecular weight is 442 g/mol. The summed E-state index contributed by atoms with van der Waals surface area (Å²) in [7, 11) is -3.94. The molecule has 0 fully saturated rings. The van der Waals surface area contributed by atoms with E-state index in [1.54, 1.807) is 66.7 Å². The summed E-state index contributed by atoms with van der Waals surface area (Å²) in [5, 5.41) is 4.49. The lowest BCUT2D eigenvalue weighted by atomic mass is 10.2. The Labute approximate surface area is 180 Å². The minimum Gasteiger partial charge on any atom is -0.271 e. The van der Waals surface area contributed by atoms with E-state index in [1.165, 1.54) is 18.3 Å². The molecule has 0 aliphatic carbocycles. The van der Waals surface area contributed by atoms with Crippen LogP contribution in [0, 0.1) is 6.92 Å². The summed E-state index contributed by atoms with van der Waals surface area (Å²) in [6, 6.07) is 21.8. The summed E-state index contributed by atoms with van der Waals surface area (Å²) in [6.07, 6.45) is 1.45. The normalized spacial score (nSPS) is 11.4. The van der Waals surface area contributed by atoms with Gasteiger partial charge in [-0.3, -0.25) is 9.10 Å². The molecule has 0 heterocycles. The first-order chi connectivity index (χ1) is 14.4. The topological polar surface area (TPSA) is 78.8 Å².